The van der Waals surface area contributed by atoms with Crippen LogP contribution in [0.1, 0.15) is 36.8 Å². The Morgan fingerprint density at radius 2 is 2.06 bits per heavy atom. The van der Waals surface area contributed by atoms with Crippen LogP contribution >= 0.6 is 0 Å². The van der Waals surface area contributed by atoms with Gasteiger partial charge in [-0.25, -0.2) is 0 Å². The molecule has 3 rings (SSSR count). The number of hydrogen-bond acceptors (Lipinski definition) is 2. The summed E-state index contributed by atoms with van der Waals surface area (Å²) in [7, 11) is 0. The highest BCUT2D eigenvalue weighted by atomic mass is 16.5. The van der Waals surface area contributed by atoms with Crippen LogP contribution in [0, 0.1) is 0 Å². The van der Waals surface area contributed by atoms with Gasteiger partial charge in [-0.1, -0.05) is 17.7 Å². The number of aryl methyl sites for hydroxylation is 1. The average molecular weight is 242 g/mol. The molecule has 0 radical (unpaired) electrons. The highest BCUT2D eigenvalue weighted by molar-refractivity contribution is 5.91. The van der Waals surface area contributed by atoms with Gasteiger partial charge in [0.2, 0.25) is 0 Å². The van der Waals surface area contributed by atoms with E-state index in [-0.39, 0.29) is 0 Å². The Morgan fingerprint density at radius 1 is 1.11 bits per heavy atom. The van der Waals surface area contributed by atoms with Crippen LogP contribution in [0.25, 0.3) is 0 Å². The number of benzene rings is 1. The van der Waals surface area contributed by atoms with Gasteiger partial charge in [0.25, 0.3) is 0 Å². The van der Waals surface area contributed by atoms with Crippen LogP contribution in [-0.2, 0) is 17.6 Å². The summed E-state index contributed by atoms with van der Waals surface area (Å²) < 4.78 is 5.51. The van der Waals surface area contributed by atoms with Crippen molar-refractivity contribution in [1.29, 1.82) is 0 Å². The molecule has 1 aliphatic carbocycles. The molecule has 2 aliphatic rings. The van der Waals surface area contributed by atoms with E-state index >= 15 is 0 Å². The Morgan fingerprint density at radius 3 is 2.94 bits per heavy atom. The number of allylic oxidation sites excluding steroid dienone is 2. The molecule has 0 atom stereocenters. The molecule has 1 aromatic carbocycles. The van der Waals surface area contributed by atoms with Gasteiger partial charge in [-0.15, -0.1) is 0 Å². The SMILES string of the molecule is O=C1C=C(CCc2ccc3c(c2)CCO3)CCC1. The summed E-state index contributed by atoms with van der Waals surface area (Å²) >= 11 is 0. The van der Waals surface area contributed by atoms with E-state index in [4.69, 9.17) is 4.74 Å². The van der Waals surface area contributed by atoms with E-state index in [9.17, 15) is 4.79 Å². The van der Waals surface area contributed by atoms with Gasteiger partial charge in [-0.2, -0.15) is 0 Å². The monoisotopic (exact) mass is 242 g/mol. The van der Waals surface area contributed by atoms with Gasteiger partial charge in [0.15, 0.2) is 5.78 Å². The summed E-state index contributed by atoms with van der Waals surface area (Å²) in [6.45, 7) is 0.818. The minimum Gasteiger partial charge on any atom is -0.493 e. The number of carbonyl (C=O) groups is 1. The van der Waals surface area contributed by atoms with Gasteiger partial charge in [0.1, 0.15) is 5.75 Å². The number of ether oxygens (including phenoxy) is 1. The Bertz CT molecular complexity index is 500. The van der Waals surface area contributed by atoms with Crippen LogP contribution in [0.4, 0.5) is 0 Å². The van der Waals surface area contributed by atoms with Crippen LogP contribution < -0.4 is 4.74 Å². The lowest BCUT2D eigenvalue weighted by atomic mass is 9.93. The van der Waals surface area contributed by atoms with Crippen molar-refractivity contribution >= 4 is 5.78 Å². The standard InChI is InChI=1S/C16H18O2/c17-15-3-1-2-12(11-15)4-5-13-6-7-16-14(10-13)8-9-18-16/h6-7,10-11H,1-5,8-9H2. The van der Waals surface area contributed by atoms with Crippen LogP contribution in [0.15, 0.2) is 29.8 Å². The van der Waals surface area contributed by atoms with Gasteiger partial charge in [-0.3, -0.25) is 4.79 Å². The first-order valence-corrected chi connectivity index (χ1v) is 6.78. The van der Waals surface area contributed by atoms with E-state index in [1.165, 1.54) is 16.7 Å². The molecule has 0 spiro atoms. The molecule has 94 valence electrons. The van der Waals surface area contributed by atoms with E-state index in [1.54, 1.807) is 0 Å². The van der Waals surface area contributed by atoms with E-state index in [1.807, 2.05) is 6.08 Å². The third kappa shape index (κ3) is 2.47. The van der Waals surface area contributed by atoms with E-state index < -0.39 is 0 Å². The minimum absolute atomic E-state index is 0.304. The number of fused-ring (bicyclic) bond motifs is 1. The number of ketones is 1. The van der Waals surface area contributed by atoms with Crippen LogP contribution in [0.5, 0.6) is 5.75 Å². The van der Waals surface area contributed by atoms with Crippen molar-refractivity contribution < 1.29 is 9.53 Å². The second-order valence-corrected chi connectivity index (χ2v) is 5.16. The number of carbonyl (C=O) groups excluding carboxylic acids is 1. The van der Waals surface area contributed by atoms with Crippen LogP contribution in [-0.4, -0.2) is 12.4 Å². The maximum absolute atomic E-state index is 11.3. The highest BCUT2D eigenvalue weighted by Crippen LogP contribution is 2.27. The van der Waals surface area contributed by atoms with Crippen molar-refractivity contribution in [3.05, 3.63) is 41.0 Å². The second-order valence-electron chi connectivity index (χ2n) is 5.16. The lowest BCUT2D eigenvalue weighted by molar-refractivity contribution is -0.115. The molecule has 0 bridgehead atoms. The fourth-order valence-electron chi connectivity index (χ4n) is 2.76. The Hall–Kier alpha value is -1.57. The molecule has 2 nitrogen and oxygen atoms in total. The zero-order valence-corrected chi connectivity index (χ0v) is 10.6. The maximum atomic E-state index is 11.3. The summed E-state index contributed by atoms with van der Waals surface area (Å²) in [5.41, 5.74) is 4.02. The Kier molecular flexibility index (Phi) is 3.18. The van der Waals surface area contributed by atoms with Crippen molar-refractivity contribution in [3.63, 3.8) is 0 Å². The third-order valence-electron chi connectivity index (χ3n) is 3.77. The molecule has 0 aromatic heterocycles. The van der Waals surface area contributed by atoms with Crippen molar-refractivity contribution in [1.82, 2.24) is 0 Å². The molecule has 0 saturated carbocycles. The summed E-state index contributed by atoms with van der Waals surface area (Å²) in [4.78, 5) is 11.3. The molecule has 2 heteroatoms. The van der Waals surface area contributed by atoms with Gasteiger partial charge in [-0.05, 0) is 49.0 Å². The first-order chi connectivity index (χ1) is 8.81. The first-order valence-electron chi connectivity index (χ1n) is 6.78. The lowest BCUT2D eigenvalue weighted by Gasteiger charge is -2.12. The molecule has 0 amide bonds. The van der Waals surface area contributed by atoms with Crippen LogP contribution in [0.3, 0.4) is 0 Å². The first kappa shape index (κ1) is 11.5. The summed E-state index contributed by atoms with van der Waals surface area (Å²) in [5, 5.41) is 0. The largest absolute Gasteiger partial charge is 0.493 e. The normalized spacial score (nSPS) is 18.2. The van der Waals surface area contributed by atoms with E-state index in [0.717, 1.165) is 50.9 Å². The number of hydrogen-bond donors (Lipinski definition) is 0. The molecule has 1 heterocycles. The van der Waals surface area contributed by atoms with Gasteiger partial charge in [0, 0.05) is 12.8 Å². The zero-order chi connectivity index (χ0) is 12.4. The third-order valence-corrected chi connectivity index (χ3v) is 3.77. The molecule has 0 saturated heterocycles. The van der Waals surface area contributed by atoms with Gasteiger partial charge >= 0.3 is 0 Å². The smallest absolute Gasteiger partial charge is 0.155 e. The molecule has 0 fully saturated rings. The molecule has 1 aliphatic heterocycles. The maximum Gasteiger partial charge on any atom is 0.155 e. The van der Waals surface area contributed by atoms with Crippen molar-refractivity contribution in [3.8, 4) is 5.75 Å². The topological polar surface area (TPSA) is 26.3 Å². The Labute approximate surface area is 108 Å². The van der Waals surface area contributed by atoms with Crippen molar-refractivity contribution in [2.45, 2.75) is 38.5 Å². The van der Waals surface area contributed by atoms with Gasteiger partial charge in [0.05, 0.1) is 6.61 Å². The molecule has 18 heavy (non-hydrogen) atoms. The molecule has 1 aromatic rings. The number of rotatable bonds is 3. The molecular weight excluding hydrogens is 224 g/mol. The van der Waals surface area contributed by atoms with Crippen molar-refractivity contribution in [2.75, 3.05) is 6.61 Å². The Balaban J connectivity index is 1.65. The summed E-state index contributed by atoms with van der Waals surface area (Å²) in [6.07, 6.45) is 7.81. The van der Waals surface area contributed by atoms with Gasteiger partial charge < -0.3 is 4.74 Å². The summed E-state index contributed by atoms with van der Waals surface area (Å²) in [6, 6.07) is 6.49. The highest BCUT2D eigenvalue weighted by Gasteiger charge is 2.13. The van der Waals surface area contributed by atoms with E-state index in [0.29, 0.717) is 5.78 Å². The fraction of sp³-hybridized carbons (Fsp3) is 0.438. The van der Waals surface area contributed by atoms with E-state index in [2.05, 4.69) is 18.2 Å². The average Bonchev–Trinajstić information content (AvgIpc) is 2.84. The quantitative estimate of drug-likeness (QED) is 0.813. The molecule has 0 unspecified atom stereocenters. The predicted octanol–water partition coefficient (Wildman–Crippen LogP) is 3.23. The molecular formula is C16H18O2. The fourth-order valence-corrected chi connectivity index (χ4v) is 2.76. The van der Waals surface area contributed by atoms with Crippen molar-refractivity contribution in [2.24, 2.45) is 0 Å². The zero-order valence-electron chi connectivity index (χ0n) is 10.6. The summed E-state index contributed by atoms with van der Waals surface area (Å²) in [5.74, 6) is 1.35. The lowest BCUT2D eigenvalue weighted by Crippen LogP contribution is -2.03. The second kappa shape index (κ2) is 4.97. The van der Waals surface area contributed by atoms with Crippen LogP contribution in [0.2, 0.25) is 0 Å². The predicted molar refractivity (Wildman–Crippen MR) is 70.9 cm³/mol. The minimum atomic E-state index is 0.304. The molecule has 0 N–H and O–H groups in total.